The minimum Gasteiger partial charge on any atom is -0.326 e. The molecule has 0 fully saturated rings. The number of fused-ring (bicyclic) bond motifs is 1. The normalized spacial score (nSPS) is 12.1. The number of nitrogens with zero attached hydrogens (tertiary/aromatic N) is 1. The van der Waals surface area contributed by atoms with Crippen LogP contribution in [-0.2, 0) is 12.0 Å². The van der Waals surface area contributed by atoms with Crippen LogP contribution in [0.4, 0.5) is 0 Å². The van der Waals surface area contributed by atoms with E-state index in [1.54, 1.807) is 0 Å². The van der Waals surface area contributed by atoms with Crippen LogP contribution in [0, 0.1) is 0 Å². The molecule has 0 atom stereocenters. The molecule has 1 heterocycles. The summed E-state index contributed by atoms with van der Waals surface area (Å²) in [5, 5.41) is 1.13. The van der Waals surface area contributed by atoms with Crippen molar-refractivity contribution in [3.05, 3.63) is 40.0 Å². The molecule has 0 aliphatic rings. The molecule has 1 aromatic carbocycles. The van der Waals surface area contributed by atoms with Gasteiger partial charge in [0.2, 0.25) is 0 Å². The predicted octanol–water partition coefficient (Wildman–Crippen LogP) is 3.75. The van der Waals surface area contributed by atoms with Crippen LogP contribution in [0.25, 0.3) is 10.9 Å². The predicted molar refractivity (Wildman–Crippen MR) is 76.0 cm³/mol. The lowest BCUT2D eigenvalue weighted by molar-refractivity contribution is 0.570. The Morgan fingerprint density at radius 1 is 1.29 bits per heavy atom. The maximum Gasteiger partial charge on any atom is 0.0850 e. The third kappa shape index (κ3) is 2.35. The molecule has 0 aliphatic carbocycles. The average molecular weight is 293 g/mol. The third-order valence-corrected chi connectivity index (χ3v) is 3.50. The van der Waals surface area contributed by atoms with Crippen LogP contribution in [0.1, 0.15) is 32.0 Å². The summed E-state index contributed by atoms with van der Waals surface area (Å²) in [6, 6.07) is 8.22. The van der Waals surface area contributed by atoms with Gasteiger partial charge in [-0.05, 0) is 33.6 Å². The van der Waals surface area contributed by atoms with Gasteiger partial charge < -0.3 is 5.73 Å². The zero-order chi connectivity index (χ0) is 12.6. The van der Waals surface area contributed by atoms with Crippen molar-refractivity contribution < 1.29 is 0 Å². The number of pyridine rings is 1. The van der Waals surface area contributed by atoms with E-state index in [4.69, 9.17) is 10.7 Å². The molecule has 0 saturated carbocycles. The van der Waals surface area contributed by atoms with Gasteiger partial charge in [-0.15, -0.1) is 0 Å². The Labute approximate surface area is 110 Å². The van der Waals surface area contributed by atoms with E-state index in [0.717, 1.165) is 26.6 Å². The zero-order valence-corrected chi connectivity index (χ0v) is 12.0. The smallest absolute Gasteiger partial charge is 0.0850 e. The zero-order valence-electron chi connectivity index (χ0n) is 10.4. The van der Waals surface area contributed by atoms with E-state index in [9.17, 15) is 0 Å². The Balaban J connectivity index is 2.81. The van der Waals surface area contributed by atoms with Crippen molar-refractivity contribution >= 4 is 26.8 Å². The number of halogens is 1. The molecular weight excluding hydrogens is 276 g/mol. The Bertz CT molecular complexity index is 556. The van der Waals surface area contributed by atoms with Gasteiger partial charge in [-0.2, -0.15) is 0 Å². The molecule has 0 spiro atoms. The van der Waals surface area contributed by atoms with E-state index < -0.39 is 0 Å². The number of benzene rings is 1. The van der Waals surface area contributed by atoms with Crippen molar-refractivity contribution in [2.24, 2.45) is 5.73 Å². The summed E-state index contributed by atoms with van der Waals surface area (Å²) >= 11 is 3.56. The fraction of sp³-hybridized carbons (Fsp3) is 0.357. The topological polar surface area (TPSA) is 38.9 Å². The van der Waals surface area contributed by atoms with Crippen molar-refractivity contribution in [3.8, 4) is 0 Å². The molecule has 17 heavy (non-hydrogen) atoms. The van der Waals surface area contributed by atoms with E-state index in [2.05, 4.69) is 48.8 Å². The molecule has 2 N–H and O–H groups in total. The maximum absolute atomic E-state index is 5.84. The number of nitrogens with two attached hydrogens (primary N) is 1. The van der Waals surface area contributed by atoms with Crippen molar-refractivity contribution in [2.45, 2.75) is 32.7 Å². The number of hydrogen-bond acceptors (Lipinski definition) is 2. The summed E-state index contributed by atoms with van der Waals surface area (Å²) in [4.78, 5) is 4.75. The van der Waals surface area contributed by atoms with Crippen molar-refractivity contribution in [1.29, 1.82) is 0 Å². The molecule has 0 radical (unpaired) electrons. The Morgan fingerprint density at radius 3 is 2.59 bits per heavy atom. The van der Waals surface area contributed by atoms with E-state index in [1.165, 1.54) is 0 Å². The highest BCUT2D eigenvalue weighted by Crippen LogP contribution is 2.29. The van der Waals surface area contributed by atoms with E-state index in [1.807, 2.05) is 12.1 Å². The van der Waals surface area contributed by atoms with Crippen molar-refractivity contribution in [3.63, 3.8) is 0 Å². The van der Waals surface area contributed by atoms with Gasteiger partial charge in [0.05, 0.1) is 5.52 Å². The van der Waals surface area contributed by atoms with Crippen LogP contribution in [0.3, 0.4) is 0 Å². The molecule has 3 heteroatoms. The SMILES string of the molecule is CC(C)(C)c1cc(CN)c2cccc(Br)c2n1. The number of para-hydroxylation sites is 1. The number of hydrogen-bond donors (Lipinski definition) is 1. The molecule has 0 saturated heterocycles. The minimum atomic E-state index is 0.0351. The van der Waals surface area contributed by atoms with Crippen LogP contribution in [0.5, 0.6) is 0 Å². The summed E-state index contributed by atoms with van der Waals surface area (Å²) in [6.07, 6.45) is 0. The van der Waals surface area contributed by atoms with Crippen LogP contribution in [0.15, 0.2) is 28.7 Å². The molecule has 0 unspecified atom stereocenters. The van der Waals surface area contributed by atoms with Crippen molar-refractivity contribution in [1.82, 2.24) is 4.98 Å². The fourth-order valence-corrected chi connectivity index (χ4v) is 2.29. The molecular formula is C14H17BrN2. The molecule has 90 valence electrons. The first-order valence-corrected chi connectivity index (χ1v) is 6.51. The highest BCUT2D eigenvalue weighted by Gasteiger charge is 2.18. The number of aromatic nitrogens is 1. The van der Waals surface area contributed by atoms with Gasteiger partial charge in [0.15, 0.2) is 0 Å². The van der Waals surface area contributed by atoms with Gasteiger partial charge in [0, 0.05) is 27.5 Å². The summed E-state index contributed by atoms with van der Waals surface area (Å²) < 4.78 is 1.02. The summed E-state index contributed by atoms with van der Waals surface area (Å²) in [6.45, 7) is 7.04. The van der Waals surface area contributed by atoms with Gasteiger partial charge >= 0.3 is 0 Å². The first-order valence-electron chi connectivity index (χ1n) is 5.72. The van der Waals surface area contributed by atoms with E-state index in [0.29, 0.717) is 6.54 Å². The van der Waals surface area contributed by atoms with Gasteiger partial charge in [-0.1, -0.05) is 32.9 Å². The number of rotatable bonds is 1. The first kappa shape index (κ1) is 12.5. The van der Waals surface area contributed by atoms with Crippen LogP contribution in [-0.4, -0.2) is 4.98 Å². The lowest BCUT2D eigenvalue weighted by Crippen LogP contribution is -2.15. The maximum atomic E-state index is 5.84. The van der Waals surface area contributed by atoms with Gasteiger partial charge in [-0.3, -0.25) is 4.98 Å². The van der Waals surface area contributed by atoms with E-state index >= 15 is 0 Å². The Morgan fingerprint density at radius 2 is 2.00 bits per heavy atom. The second-order valence-electron chi connectivity index (χ2n) is 5.26. The minimum absolute atomic E-state index is 0.0351. The lowest BCUT2D eigenvalue weighted by atomic mass is 9.90. The highest BCUT2D eigenvalue weighted by atomic mass is 79.9. The molecule has 2 rings (SSSR count). The molecule has 0 aliphatic heterocycles. The second-order valence-corrected chi connectivity index (χ2v) is 6.11. The second kappa shape index (κ2) is 4.39. The summed E-state index contributed by atoms with van der Waals surface area (Å²) in [5.41, 5.74) is 9.11. The fourth-order valence-electron chi connectivity index (χ4n) is 1.84. The largest absolute Gasteiger partial charge is 0.326 e. The standard InChI is InChI=1S/C14H17BrN2/c1-14(2,3)12-7-9(8-16)10-5-4-6-11(15)13(10)17-12/h4-7H,8,16H2,1-3H3. The summed E-state index contributed by atoms with van der Waals surface area (Å²) in [5.74, 6) is 0. The molecule has 2 aromatic rings. The lowest BCUT2D eigenvalue weighted by Gasteiger charge is -2.20. The summed E-state index contributed by atoms with van der Waals surface area (Å²) in [7, 11) is 0. The van der Waals surface area contributed by atoms with Crippen LogP contribution in [0.2, 0.25) is 0 Å². The van der Waals surface area contributed by atoms with Crippen LogP contribution < -0.4 is 5.73 Å². The Kier molecular flexibility index (Phi) is 3.23. The monoisotopic (exact) mass is 292 g/mol. The molecule has 0 amide bonds. The third-order valence-electron chi connectivity index (χ3n) is 2.86. The quantitative estimate of drug-likeness (QED) is 0.869. The molecule has 0 bridgehead atoms. The average Bonchev–Trinajstić information content (AvgIpc) is 2.27. The van der Waals surface area contributed by atoms with Gasteiger partial charge in [0.1, 0.15) is 0 Å². The molecule has 2 nitrogen and oxygen atoms in total. The van der Waals surface area contributed by atoms with Gasteiger partial charge in [0.25, 0.3) is 0 Å². The van der Waals surface area contributed by atoms with E-state index in [-0.39, 0.29) is 5.41 Å². The van der Waals surface area contributed by atoms with Gasteiger partial charge in [-0.25, -0.2) is 0 Å². The van der Waals surface area contributed by atoms with Crippen molar-refractivity contribution in [2.75, 3.05) is 0 Å². The highest BCUT2D eigenvalue weighted by molar-refractivity contribution is 9.10. The first-order chi connectivity index (χ1) is 7.93. The van der Waals surface area contributed by atoms with Crippen LogP contribution >= 0.6 is 15.9 Å². The molecule has 1 aromatic heterocycles. The Hall–Kier alpha value is -0.930.